The van der Waals surface area contributed by atoms with Crippen LogP contribution in [0.2, 0.25) is 0 Å². The zero-order valence-corrected chi connectivity index (χ0v) is 13.6. The van der Waals surface area contributed by atoms with Crippen molar-refractivity contribution in [3.05, 3.63) is 18.0 Å². The van der Waals surface area contributed by atoms with Crippen molar-refractivity contribution in [2.24, 2.45) is 7.05 Å². The molecule has 0 radical (unpaired) electrons. The Morgan fingerprint density at radius 1 is 1.10 bits per heavy atom. The molecule has 0 aliphatic carbocycles. The molecule has 8 nitrogen and oxygen atoms in total. The fourth-order valence-electron chi connectivity index (χ4n) is 2.27. The molecule has 1 fully saturated rings. The van der Waals surface area contributed by atoms with Gasteiger partial charge in [0.05, 0.1) is 12.9 Å². The maximum atomic E-state index is 12.5. The number of hydrogen-bond donors (Lipinski definition) is 1. The van der Waals surface area contributed by atoms with Crippen LogP contribution in [0.4, 0.5) is 0 Å². The highest BCUT2D eigenvalue weighted by Gasteiger charge is 2.32. The van der Waals surface area contributed by atoms with E-state index >= 15 is 0 Å². The number of nitrogens with zero attached hydrogens (tertiary/aromatic N) is 3. The monoisotopic (exact) mass is 337 g/mol. The normalized spacial score (nSPS) is 19.0. The van der Waals surface area contributed by atoms with E-state index in [0.717, 1.165) is 6.26 Å². The van der Waals surface area contributed by atoms with Crippen LogP contribution in [-0.2, 0) is 33.7 Å². The molecular weight excluding hydrogens is 318 g/mol. The first-order chi connectivity index (χ1) is 9.66. The van der Waals surface area contributed by atoms with Crippen LogP contribution in [0.15, 0.2) is 17.2 Å². The summed E-state index contributed by atoms with van der Waals surface area (Å²) in [7, 11) is -5.30. The second-order valence-corrected chi connectivity index (χ2v) is 8.92. The van der Waals surface area contributed by atoms with Crippen LogP contribution in [0.25, 0.3) is 0 Å². The van der Waals surface area contributed by atoms with E-state index in [2.05, 4.69) is 0 Å². The minimum Gasteiger partial charge on any atom is -0.390 e. The van der Waals surface area contributed by atoms with Gasteiger partial charge in [-0.25, -0.2) is 16.8 Å². The summed E-state index contributed by atoms with van der Waals surface area (Å²) in [6.45, 7) is 0.306. The van der Waals surface area contributed by atoms with Crippen LogP contribution in [0.3, 0.4) is 0 Å². The summed E-state index contributed by atoms with van der Waals surface area (Å²) in [5.41, 5.74) is 0.503. The lowest BCUT2D eigenvalue weighted by atomic mass is 10.4. The maximum Gasteiger partial charge on any atom is 0.244 e. The van der Waals surface area contributed by atoms with Crippen molar-refractivity contribution in [3.8, 4) is 0 Å². The topological polar surface area (TPSA) is 99.9 Å². The lowest BCUT2D eigenvalue weighted by Crippen LogP contribution is -2.50. The predicted molar refractivity (Wildman–Crippen MR) is 76.5 cm³/mol. The summed E-state index contributed by atoms with van der Waals surface area (Å²) in [6, 6.07) is 1.43. The third kappa shape index (κ3) is 3.29. The molecule has 2 rings (SSSR count). The first-order valence-electron chi connectivity index (χ1n) is 6.37. The molecule has 1 saturated heterocycles. The fraction of sp³-hybridized carbons (Fsp3) is 0.636. The molecule has 1 aliphatic rings. The van der Waals surface area contributed by atoms with E-state index in [-0.39, 0.29) is 37.7 Å². The highest BCUT2D eigenvalue weighted by atomic mass is 32.2. The molecule has 1 aromatic heterocycles. The van der Waals surface area contributed by atoms with E-state index < -0.39 is 20.0 Å². The predicted octanol–water partition coefficient (Wildman–Crippen LogP) is -1.22. The SMILES string of the molecule is Cn1cc(S(=O)(=O)N2CCN(S(C)(=O)=O)CC2)cc1CO. The van der Waals surface area contributed by atoms with E-state index in [4.69, 9.17) is 5.11 Å². The first-order valence-corrected chi connectivity index (χ1v) is 9.66. The Hall–Kier alpha value is -0.940. The summed E-state index contributed by atoms with van der Waals surface area (Å²) in [6.07, 6.45) is 2.56. The van der Waals surface area contributed by atoms with E-state index in [1.807, 2.05) is 0 Å². The van der Waals surface area contributed by atoms with Crippen LogP contribution in [0.1, 0.15) is 5.69 Å². The summed E-state index contributed by atoms with van der Waals surface area (Å²) >= 11 is 0. The summed E-state index contributed by atoms with van der Waals surface area (Å²) < 4.78 is 51.9. The lowest BCUT2D eigenvalue weighted by molar-refractivity contribution is 0.272. The highest BCUT2D eigenvalue weighted by Crippen LogP contribution is 2.20. The Labute approximate surface area is 124 Å². The van der Waals surface area contributed by atoms with E-state index in [9.17, 15) is 16.8 Å². The summed E-state index contributed by atoms with van der Waals surface area (Å²) in [5.74, 6) is 0. The molecule has 0 saturated carbocycles. The second-order valence-electron chi connectivity index (χ2n) is 5.00. The van der Waals surface area contributed by atoms with Gasteiger partial charge in [0, 0.05) is 45.1 Å². The van der Waals surface area contributed by atoms with E-state index in [1.165, 1.54) is 20.9 Å². The van der Waals surface area contributed by atoms with Crippen molar-refractivity contribution in [2.75, 3.05) is 32.4 Å². The van der Waals surface area contributed by atoms with E-state index in [1.54, 1.807) is 11.6 Å². The molecule has 0 unspecified atom stereocenters. The van der Waals surface area contributed by atoms with Gasteiger partial charge in [-0.3, -0.25) is 0 Å². The molecule has 10 heteroatoms. The average Bonchev–Trinajstić information content (AvgIpc) is 2.80. The molecule has 2 heterocycles. The van der Waals surface area contributed by atoms with Gasteiger partial charge in [0.15, 0.2) is 0 Å². The minimum atomic E-state index is -3.66. The Morgan fingerprint density at radius 3 is 2.05 bits per heavy atom. The van der Waals surface area contributed by atoms with Gasteiger partial charge < -0.3 is 9.67 Å². The molecule has 21 heavy (non-hydrogen) atoms. The molecule has 0 amide bonds. The summed E-state index contributed by atoms with van der Waals surface area (Å²) in [5, 5.41) is 9.13. The van der Waals surface area contributed by atoms with Crippen LogP contribution in [-0.4, -0.2) is 67.6 Å². The van der Waals surface area contributed by atoms with Gasteiger partial charge >= 0.3 is 0 Å². The van der Waals surface area contributed by atoms with Gasteiger partial charge in [-0.1, -0.05) is 0 Å². The highest BCUT2D eigenvalue weighted by molar-refractivity contribution is 7.89. The van der Waals surface area contributed by atoms with Crippen LogP contribution in [0, 0.1) is 0 Å². The van der Waals surface area contributed by atoms with Crippen molar-refractivity contribution in [2.45, 2.75) is 11.5 Å². The Kier molecular flexibility index (Phi) is 4.45. The molecule has 120 valence electrons. The smallest absolute Gasteiger partial charge is 0.244 e. The largest absolute Gasteiger partial charge is 0.390 e. The maximum absolute atomic E-state index is 12.5. The Balaban J connectivity index is 2.18. The molecule has 0 spiro atoms. The van der Waals surface area contributed by atoms with E-state index in [0.29, 0.717) is 5.69 Å². The molecule has 1 aliphatic heterocycles. The number of aryl methyl sites for hydroxylation is 1. The van der Waals surface area contributed by atoms with Crippen LogP contribution in [0.5, 0.6) is 0 Å². The average molecular weight is 337 g/mol. The second kappa shape index (κ2) is 5.69. The Morgan fingerprint density at radius 2 is 1.62 bits per heavy atom. The number of aliphatic hydroxyl groups is 1. The zero-order chi connectivity index (χ0) is 15.8. The first kappa shape index (κ1) is 16.4. The molecule has 0 atom stereocenters. The standard InChI is InChI=1S/C11H19N3O5S2/c1-12-8-11(7-10(12)9-15)21(18,19)14-5-3-13(4-6-14)20(2,16)17/h7-8,15H,3-6,9H2,1-2H3. The van der Waals surface area contributed by atoms with Crippen molar-refractivity contribution in [1.82, 2.24) is 13.2 Å². The van der Waals surface area contributed by atoms with Crippen molar-refractivity contribution >= 4 is 20.0 Å². The minimum absolute atomic E-state index is 0.113. The zero-order valence-electron chi connectivity index (χ0n) is 11.9. The molecular formula is C11H19N3O5S2. The quantitative estimate of drug-likeness (QED) is 0.743. The Bertz CT molecular complexity index is 715. The number of piperazine rings is 1. The van der Waals surface area contributed by atoms with Gasteiger partial charge in [0.2, 0.25) is 20.0 Å². The van der Waals surface area contributed by atoms with Crippen LogP contribution >= 0.6 is 0 Å². The van der Waals surface area contributed by atoms with Crippen LogP contribution < -0.4 is 0 Å². The molecule has 1 aromatic rings. The van der Waals surface area contributed by atoms with Gasteiger partial charge in [0.25, 0.3) is 0 Å². The lowest BCUT2D eigenvalue weighted by Gasteiger charge is -2.32. The van der Waals surface area contributed by atoms with Gasteiger partial charge in [-0.2, -0.15) is 8.61 Å². The number of rotatable bonds is 4. The van der Waals surface area contributed by atoms with Crippen molar-refractivity contribution in [3.63, 3.8) is 0 Å². The summed E-state index contributed by atoms with van der Waals surface area (Å²) in [4.78, 5) is 0.113. The number of sulfonamides is 2. The fourth-order valence-corrected chi connectivity index (χ4v) is 4.61. The number of aromatic nitrogens is 1. The van der Waals surface area contributed by atoms with Crippen molar-refractivity contribution in [1.29, 1.82) is 0 Å². The third-order valence-corrected chi connectivity index (χ3v) is 6.72. The number of aliphatic hydroxyl groups excluding tert-OH is 1. The third-order valence-electron chi connectivity index (χ3n) is 3.55. The number of hydrogen-bond acceptors (Lipinski definition) is 5. The van der Waals surface area contributed by atoms with Crippen molar-refractivity contribution < 1.29 is 21.9 Å². The molecule has 1 N–H and O–H groups in total. The molecule has 0 bridgehead atoms. The van der Waals surface area contributed by atoms with Gasteiger partial charge in [-0.15, -0.1) is 0 Å². The van der Waals surface area contributed by atoms with Gasteiger partial charge in [0.1, 0.15) is 4.90 Å². The van der Waals surface area contributed by atoms with Gasteiger partial charge in [-0.05, 0) is 6.07 Å². The molecule has 0 aromatic carbocycles.